The number of nitrogens with zero attached hydrogens (tertiary/aromatic N) is 3. The lowest BCUT2D eigenvalue weighted by Gasteiger charge is -2.35. The number of aromatic nitrogens is 4. The highest BCUT2D eigenvalue weighted by molar-refractivity contribution is 5.96. The molecule has 2 aromatic rings. The number of ether oxygens (including phenoxy) is 1. The lowest BCUT2D eigenvalue weighted by molar-refractivity contribution is 0.0906. The average Bonchev–Trinajstić information content (AvgIpc) is 2.84. The van der Waals surface area contributed by atoms with Crippen molar-refractivity contribution in [1.29, 1.82) is 0 Å². The smallest absolute Gasteiger partial charge is 0.255 e. The van der Waals surface area contributed by atoms with E-state index < -0.39 is 0 Å². The van der Waals surface area contributed by atoms with Crippen molar-refractivity contribution in [2.75, 3.05) is 7.11 Å². The summed E-state index contributed by atoms with van der Waals surface area (Å²) in [4.78, 5) is 31.5. The number of carbonyl (C=O) groups excluding carboxylic acids is 1. The second-order valence-electron chi connectivity index (χ2n) is 6.75. The fourth-order valence-corrected chi connectivity index (χ4v) is 3.51. The molecule has 2 aromatic heterocycles. The van der Waals surface area contributed by atoms with E-state index in [2.05, 4.69) is 20.4 Å². The topological polar surface area (TPSA) is 102 Å². The number of methoxy groups -OCH3 is 1. The number of aromatic amines is 1. The Bertz CT molecular complexity index is 864. The van der Waals surface area contributed by atoms with Gasteiger partial charge in [0.2, 0.25) is 0 Å². The van der Waals surface area contributed by atoms with Gasteiger partial charge in [-0.1, -0.05) is 0 Å². The van der Waals surface area contributed by atoms with Crippen molar-refractivity contribution in [2.24, 2.45) is 0 Å². The van der Waals surface area contributed by atoms with Crippen molar-refractivity contribution < 1.29 is 9.53 Å². The van der Waals surface area contributed by atoms with E-state index >= 15 is 0 Å². The zero-order chi connectivity index (χ0) is 18.8. The molecule has 0 aliphatic heterocycles. The predicted octanol–water partition coefficient (Wildman–Crippen LogP) is 1.43. The van der Waals surface area contributed by atoms with Crippen LogP contribution in [-0.4, -0.2) is 38.8 Å². The molecule has 0 bridgehead atoms. The molecule has 1 saturated carbocycles. The minimum atomic E-state index is -0.173. The Morgan fingerprint density at radius 3 is 2.77 bits per heavy atom. The van der Waals surface area contributed by atoms with Gasteiger partial charge in [0.05, 0.1) is 17.0 Å². The number of H-pyrrole nitrogens is 1. The van der Waals surface area contributed by atoms with Crippen molar-refractivity contribution in [3.8, 4) is 0 Å². The summed E-state index contributed by atoms with van der Waals surface area (Å²) in [5.74, 6) is 0.626. The van der Waals surface area contributed by atoms with Crippen molar-refractivity contribution in [2.45, 2.75) is 58.7 Å². The molecular formula is C18H25N5O3. The minimum absolute atomic E-state index is 0.0814. The molecule has 1 fully saturated rings. The van der Waals surface area contributed by atoms with Crippen LogP contribution >= 0.6 is 0 Å². The second-order valence-corrected chi connectivity index (χ2v) is 6.75. The monoisotopic (exact) mass is 359 g/mol. The maximum absolute atomic E-state index is 12.6. The SMILES string of the molecule is CCn1nc(C)c(C(=O)NC2CC(c3cc(=O)[nH]c(COC)n3)C2)c1C. The summed E-state index contributed by atoms with van der Waals surface area (Å²) in [6.45, 7) is 6.79. The van der Waals surface area contributed by atoms with Crippen LogP contribution < -0.4 is 10.9 Å². The summed E-state index contributed by atoms with van der Waals surface area (Å²) < 4.78 is 6.87. The Hall–Kier alpha value is -2.48. The van der Waals surface area contributed by atoms with Crippen LogP contribution in [-0.2, 0) is 17.9 Å². The van der Waals surface area contributed by atoms with Crippen molar-refractivity contribution in [1.82, 2.24) is 25.1 Å². The second kappa shape index (κ2) is 7.41. The van der Waals surface area contributed by atoms with Gasteiger partial charge >= 0.3 is 0 Å². The standard InChI is InChI=1S/C18H25N5O3/c1-5-23-11(3)17(10(2)22-23)18(25)19-13-6-12(7-13)14-8-16(24)21-15(20-14)9-26-4/h8,12-13H,5-7,9H2,1-4H3,(H,19,25)(H,20,21,24). The summed E-state index contributed by atoms with van der Waals surface area (Å²) in [7, 11) is 1.56. The largest absolute Gasteiger partial charge is 0.377 e. The summed E-state index contributed by atoms with van der Waals surface area (Å²) in [5.41, 5.74) is 2.88. The molecular weight excluding hydrogens is 334 g/mol. The van der Waals surface area contributed by atoms with E-state index in [1.165, 1.54) is 6.07 Å². The van der Waals surface area contributed by atoms with Gasteiger partial charge in [-0.05, 0) is 33.6 Å². The number of rotatable bonds is 6. The normalized spacial score (nSPS) is 19.2. The van der Waals surface area contributed by atoms with Crippen LogP contribution in [0.3, 0.4) is 0 Å². The number of nitrogens with one attached hydrogen (secondary N) is 2. The quantitative estimate of drug-likeness (QED) is 0.812. The maximum Gasteiger partial charge on any atom is 0.255 e. The molecule has 0 aromatic carbocycles. The first-order valence-electron chi connectivity index (χ1n) is 8.86. The third-order valence-corrected chi connectivity index (χ3v) is 4.89. The molecule has 8 heteroatoms. The van der Waals surface area contributed by atoms with Crippen LogP contribution in [0.25, 0.3) is 0 Å². The van der Waals surface area contributed by atoms with Crippen molar-refractivity contribution in [3.63, 3.8) is 0 Å². The number of aryl methyl sites for hydroxylation is 2. The molecule has 1 aliphatic rings. The van der Waals surface area contributed by atoms with Gasteiger partial charge in [-0.2, -0.15) is 5.10 Å². The first kappa shape index (κ1) is 18.3. The molecule has 2 heterocycles. The van der Waals surface area contributed by atoms with Crippen LogP contribution in [0.5, 0.6) is 0 Å². The van der Waals surface area contributed by atoms with E-state index in [0.29, 0.717) is 11.4 Å². The van der Waals surface area contributed by atoms with E-state index in [0.717, 1.165) is 36.5 Å². The molecule has 0 unspecified atom stereocenters. The molecule has 0 atom stereocenters. The van der Waals surface area contributed by atoms with Crippen LogP contribution in [0.1, 0.15) is 58.9 Å². The van der Waals surface area contributed by atoms with E-state index in [9.17, 15) is 9.59 Å². The molecule has 8 nitrogen and oxygen atoms in total. The van der Waals surface area contributed by atoms with Gasteiger partial charge in [0, 0.05) is 37.4 Å². The Labute approximate surface area is 152 Å². The summed E-state index contributed by atoms with van der Waals surface area (Å²) >= 11 is 0. The first-order valence-corrected chi connectivity index (χ1v) is 8.86. The Morgan fingerprint density at radius 1 is 1.42 bits per heavy atom. The van der Waals surface area contributed by atoms with E-state index in [1.807, 2.05) is 25.5 Å². The molecule has 0 saturated heterocycles. The summed E-state index contributed by atoms with van der Waals surface area (Å²) in [5, 5.41) is 7.47. The molecule has 140 valence electrons. The van der Waals surface area contributed by atoms with Crippen LogP contribution in [0.4, 0.5) is 0 Å². The molecule has 1 amide bonds. The van der Waals surface area contributed by atoms with E-state index in [1.54, 1.807) is 7.11 Å². The highest BCUT2D eigenvalue weighted by Crippen LogP contribution is 2.35. The molecule has 1 aliphatic carbocycles. The number of hydrogen-bond donors (Lipinski definition) is 2. The fraction of sp³-hybridized carbons (Fsp3) is 0.556. The van der Waals surface area contributed by atoms with Crippen molar-refractivity contribution in [3.05, 3.63) is 44.9 Å². The lowest BCUT2D eigenvalue weighted by Crippen LogP contribution is -2.44. The Kier molecular flexibility index (Phi) is 5.22. The van der Waals surface area contributed by atoms with Gasteiger partial charge in [-0.15, -0.1) is 0 Å². The molecule has 0 radical (unpaired) electrons. The average molecular weight is 359 g/mol. The zero-order valence-corrected chi connectivity index (χ0v) is 15.6. The molecule has 26 heavy (non-hydrogen) atoms. The maximum atomic E-state index is 12.6. The predicted molar refractivity (Wildman–Crippen MR) is 96.2 cm³/mol. The van der Waals surface area contributed by atoms with Gasteiger partial charge in [-0.25, -0.2) is 4.98 Å². The highest BCUT2D eigenvalue weighted by Gasteiger charge is 2.34. The minimum Gasteiger partial charge on any atom is -0.377 e. The Morgan fingerprint density at radius 2 is 2.15 bits per heavy atom. The lowest BCUT2D eigenvalue weighted by atomic mass is 9.78. The third kappa shape index (κ3) is 3.55. The van der Waals surface area contributed by atoms with Gasteiger partial charge in [0.25, 0.3) is 11.5 Å². The van der Waals surface area contributed by atoms with Gasteiger partial charge < -0.3 is 15.0 Å². The number of amides is 1. The summed E-state index contributed by atoms with van der Waals surface area (Å²) in [6.07, 6.45) is 1.54. The number of carbonyl (C=O) groups is 1. The van der Waals surface area contributed by atoms with E-state index in [4.69, 9.17) is 4.74 Å². The zero-order valence-electron chi connectivity index (χ0n) is 15.6. The molecule has 3 rings (SSSR count). The van der Waals surface area contributed by atoms with Gasteiger partial charge in [-0.3, -0.25) is 14.3 Å². The Balaban J connectivity index is 1.63. The molecule has 2 N–H and O–H groups in total. The van der Waals surface area contributed by atoms with Crippen molar-refractivity contribution >= 4 is 5.91 Å². The van der Waals surface area contributed by atoms with Gasteiger partial charge in [0.1, 0.15) is 12.4 Å². The highest BCUT2D eigenvalue weighted by atomic mass is 16.5. The number of hydrogen-bond acceptors (Lipinski definition) is 5. The van der Waals surface area contributed by atoms with Gasteiger partial charge in [0.15, 0.2) is 0 Å². The van der Waals surface area contributed by atoms with Crippen LogP contribution in [0.2, 0.25) is 0 Å². The van der Waals surface area contributed by atoms with Crippen LogP contribution in [0.15, 0.2) is 10.9 Å². The fourth-order valence-electron chi connectivity index (χ4n) is 3.51. The first-order chi connectivity index (χ1) is 12.4. The van der Waals surface area contributed by atoms with E-state index in [-0.39, 0.29) is 30.0 Å². The molecule has 0 spiro atoms. The van der Waals surface area contributed by atoms with Crippen LogP contribution in [0, 0.1) is 13.8 Å². The summed E-state index contributed by atoms with van der Waals surface area (Å²) in [6, 6.07) is 1.62. The third-order valence-electron chi connectivity index (χ3n) is 4.89.